The van der Waals surface area contributed by atoms with Crippen molar-refractivity contribution < 1.29 is 19.1 Å². The SMILES string of the molecule is COc1ccc(C(=O)N2CC(c3ccc(-c4cnn(C)c4)cc3)C2)cc1NC(=O)c1ccc(N2CCOCC2)nc1. The van der Waals surface area contributed by atoms with Crippen LogP contribution < -0.4 is 15.0 Å². The number of anilines is 2. The number of carbonyl (C=O) groups excluding carboxylic acids is 2. The Balaban J connectivity index is 1.09. The van der Waals surface area contributed by atoms with Gasteiger partial charge in [0.05, 0.1) is 37.8 Å². The van der Waals surface area contributed by atoms with Crippen LogP contribution in [0.2, 0.25) is 0 Å². The van der Waals surface area contributed by atoms with Gasteiger partial charge in [-0.3, -0.25) is 14.3 Å². The minimum absolute atomic E-state index is 0.0806. The Morgan fingerprint density at radius 2 is 1.71 bits per heavy atom. The van der Waals surface area contributed by atoms with E-state index in [1.165, 1.54) is 12.7 Å². The molecule has 0 bridgehead atoms. The summed E-state index contributed by atoms with van der Waals surface area (Å²) in [6.45, 7) is 4.15. The first-order valence-electron chi connectivity index (χ1n) is 13.6. The van der Waals surface area contributed by atoms with Crippen molar-refractivity contribution >= 4 is 23.3 Å². The van der Waals surface area contributed by atoms with Gasteiger partial charge in [0.15, 0.2) is 0 Å². The van der Waals surface area contributed by atoms with Crippen molar-refractivity contribution in [1.29, 1.82) is 0 Å². The molecule has 2 amide bonds. The van der Waals surface area contributed by atoms with Crippen LogP contribution >= 0.6 is 0 Å². The van der Waals surface area contributed by atoms with E-state index in [2.05, 4.69) is 44.6 Å². The van der Waals surface area contributed by atoms with Crippen molar-refractivity contribution in [2.75, 3.05) is 56.7 Å². The standard InChI is InChI=1S/C31H32N6O4/c1-35-18-25(17-33-35)21-3-5-22(6-4-21)26-19-37(20-26)31(39)23-7-9-28(40-2)27(15-23)34-30(38)24-8-10-29(32-16-24)36-11-13-41-14-12-36/h3-10,15-18,26H,11-14,19-20H2,1-2H3,(H,34,38). The van der Waals surface area contributed by atoms with Crippen molar-refractivity contribution in [3.63, 3.8) is 0 Å². The molecule has 0 spiro atoms. The molecule has 0 aliphatic carbocycles. The summed E-state index contributed by atoms with van der Waals surface area (Å²) in [7, 11) is 3.44. The van der Waals surface area contributed by atoms with E-state index in [1.807, 2.05) is 30.4 Å². The lowest BCUT2D eigenvalue weighted by atomic mass is 9.90. The molecule has 4 heterocycles. The smallest absolute Gasteiger partial charge is 0.257 e. The summed E-state index contributed by atoms with van der Waals surface area (Å²) >= 11 is 0. The van der Waals surface area contributed by atoms with E-state index in [0.717, 1.165) is 30.0 Å². The summed E-state index contributed by atoms with van der Waals surface area (Å²) in [6, 6.07) is 17.1. The van der Waals surface area contributed by atoms with Crippen LogP contribution in [-0.2, 0) is 11.8 Å². The minimum Gasteiger partial charge on any atom is -0.495 e. The van der Waals surface area contributed by atoms with Crippen LogP contribution in [0.4, 0.5) is 11.5 Å². The van der Waals surface area contributed by atoms with Crippen molar-refractivity contribution in [2.24, 2.45) is 7.05 Å². The number of rotatable bonds is 7. The molecule has 1 N–H and O–H groups in total. The first kappa shape index (κ1) is 26.5. The molecule has 2 saturated heterocycles. The average molecular weight is 553 g/mol. The predicted octanol–water partition coefficient (Wildman–Crippen LogP) is 3.82. The van der Waals surface area contributed by atoms with Crippen molar-refractivity contribution in [1.82, 2.24) is 19.7 Å². The second kappa shape index (κ2) is 11.4. The second-order valence-electron chi connectivity index (χ2n) is 10.3. The normalized spacial score (nSPS) is 15.4. The molecule has 0 unspecified atom stereocenters. The fourth-order valence-electron chi connectivity index (χ4n) is 5.19. The van der Waals surface area contributed by atoms with Gasteiger partial charge in [0, 0.05) is 62.7 Å². The number of aryl methyl sites for hydroxylation is 1. The van der Waals surface area contributed by atoms with E-state index in [0.29, 0.717) is 48.9 Å². The van der Waals surface area contributed by atoms with E-state index in [4.69, 9.17) is 9.47 Å². The van der Waals surface area contributed by atoms with Gasteiger partial charge in [-0.1, -0.05) is 24.3 Å². The molecule has 41 heavy (non-hydrogen) atoms. The maximum Gasteiger partial charge on any atom is 0.257 e. The summed E-state index contributed by atoms with van der Waals surface area (Å²) in [6.07, 6.45) is 5.40. The second-order valence-corrected chi connectivity index (χ2v) is 10.3. The van der Waals surface area contributed by atoms with Gasteiger partial charge in [-0.2, -0.15) is 5.10 Å². The Labute approximate surface area is 238 Å². The molecule has 0 radical (unpaired) electrons. The highest BCUT2D eigenvalue weighted by Crippen LogP contribution is 2.32. The number of aromatic nitrogens is 3. The molecule has 6 rings (SSSR count). The highest BCUT2D eigenvalue weighted by molar-refractivity contribution is 6.06. The molecule has 4 aromatic rings. The zero-order chi connectivity index (χ0) is 28.3. The number of nitrogens with zero attached hydrogens (tertiary/aromatic N) is 5. The number of hydrogen-bond donors (Lipinski definition) is 1. The summed E-state index contributed by atoms with van der Waals surface area (Å²) < 4.78 is 12.6. The molecule has 0 saturated carbocycles. The van der Waals surface area contributed by atoms with E-state index in [-0.39, 0.29) is 17.7 Å². The number of benzene rings is 2. The van der Waals surface area contributed by atoms with E-state index in [1.54, 1.807) is 35.1 Å². The van der Waals surface area contributed by atoms with Crippen molar-refractivity contribution in [2.45, 2.75) is 5.92 Å². The van der Waals surface area contributed by atoms with Gasteiger partial charge >= 0.3 is 0 Å². The Kier molecular flexibility index (Phi) is 7.39. The molecule has 10 nitrogen and oxygen atoms in total. The summed E-state index contributed by atoms with van der Waals surface area (Å²) in [5.74, 6) is 1.16. The maximum atomic E-state index is 13.3. The lowest BCUT2D eigenvalue weighted by molar-refractivity contribution is 0.0602. The highest BCUT2D eigenvalue weighted by Gasteiger charge is 2.32. The van der Waals surface area contributed by atoms with Gasteiger partial charge in [0.25, 0.3) is 11.8 Å². The quantitative estimate of drug-likeness (QED) is 0.372. The number of hydrogen-bond acceptors (Lipinski definition) is 7. The monoisotopic (exact) mass is 552 g/mol. The number of pyridine rings is 1. The van der Waals surface area contributed by atoms with Crippen LogP contribution in [-0.4, -0.2) is 78.0 Å². The number of ether oxygens (including phenoxy) is 2. The average Bonchev–Trinajstić information content (AvgIpc) is 3.43. The Morgan fingerprint density at radius 3 is 2.37 bits per heavy atom. The molecule has 2 fully saturated rings. The third kappa shape index (κ3) is 5.64. The van der Waals surface area contributed by atoms with Crippen molar-refractivity contribution in [3.8, 4) is 16.9 Å². The largest absolute Gasteiger partial charge is 0.495 e. The summed E-state index contributed by atoms with van der Waals surface area (Å²) in [4.78, 5) is 34.7. The van der Waals surface area contributed by atoms with Crippen LogP contribution in [0.25, 0.3) is 11.1 Å². The van der Waals surface area contributed by atoms with Gasteiger partial charge in [-0.15, -0.1) is 0 Å². The van der Waals surface area contributed by atoms with Gasteiger partial charge in [-0.05, 0) is 41.5 Å². The fraction of sp³-hybridized carbons (Fsp3) is 0.290. The molecule has 2 aliphatic rings. The minimum atomic E-state index is -0.326. The van der Waals surface area contributed by atoms with Crippen LogP contribution in [0.1, 0.15) is 32.2 Å². The molecule has 10 heteroatoms. The maximum absolute atomic E-state index is 13.3. The Hall–Kier alpha value is -4.70. The fourth-order valence-corrected chi connectivity index (χ4v) is 5.19. The number of carbonyl (C=O) groups is 2. The molecule has 2 aliphatic heterocycles. The number of methoxy groups -OCH3 is 1. The van der Waals surface area contributed by atoms with Crippen LogP contribution in [0, 0.1) is 0 Å². The van der Waals surface area contributed by atoms with E-state index < -0.39 is 0 Å². The number of nitrogens with one attached hydrogen (secondary N) is 1. The molecule has 2 aromatic heterocycles. The predicted molar refractivity (Wildman–Crippen MR) is 156 cm³/mol. The van der Waals surface area contributed by atoms with Gasteiger partial charge < -0.3 is 24.6 Å². The zero-order valence-corrected chi connectivity index (χ0v) is 23.1. The van der Waals surface area contributed by atoms with Gasteiger partial charge in [0.2, 0.25) is 0 Å². The first-order chi connectivity index (χ1) is 20.0. The zero-order valence-electron chi connectivity index (χ0n) is 23.1. The topological polar surface area (TPSA) is 102 Å². The third-order valence-electron chi connectivity index (χ3n) is 7.63. The molecular formula is C31H32N6O4. The first-order valence-corrected chi connectivity index (χ1v) is 13.6. The van der Waals surface area contributed by atoms with E-state index >= 15 is 0 Å². The molecule has 0 atom stereocenters. The van der Waals surface area contributed by atoms with E-state index in [9.17, 15) is 9.59 Å². The van der Waals surface area contributed by atoms with Crippen LogP contribution in [0.15, 0.2) is 73.2 Å². The van der Waals surface area contributed by atoms with Gasteiger partial charge in [-0.25, -0.2) is 4.98 Å². The summed E-state index contributed by atoms with van der Waals surface area (Å²) in [5, 5.41) is 7.12. The van der Waals surface area contributed by atoms with Crippen LogP contribution in [0.5, 0.6) is 5.75 Å². The lowest BCUT2D eigenvalue weighted by Crippen LogP contribution is -2.48. The molecular weight excluding hydrogens is 520 g/mol. The lowest BCUT2D eigenvalue weighted by Gasteiger charge is -2.39. The third-order valence-corrected chi connectivity index (χ3v) is 7.63. The Bertz CT molecular complexity index is 1540. The highest BCUT2D eigenvalue weighted by atomic mass is 16.5. The van der Waals surface area contributed by atoms with Crippen molar-refractivity contribution in [3.05, 3.63) is 89.9 Å². The van der Waals surface area contributed by atoms with Gasteiger partial charge in [0.1, 0.15) is 11.6 Å². The van der Waals surface area contributed by atoms with Crippen LogP contribution in [0.3, 0.4) is 0 Å². The number of likely N-dealkylation sites (tertiary alicyclic amines) is 1. The number of morpholine rings is 1. The number of amides is 2. The molecule has 2 aromatic carbocycles. The summed E-state index contributed by atoms with van der Waals surface area (Å²) in [5.41, 5.74) is 4.74. The Morgan fingerprint density at radius 1 is 0.951 bits per heavy atom. The molecule has 210 valence electrons.